The van der Waals surface area contributed by atoms with Gasteiger partial charge < -0.3 is 10.5 Å². The van der Waals surface area contributed by atoms with E-state index in [2.05, 4.69) is 0 Å². The SMILES string of the molecule is COC(=O)c1sccc1C=Cc1cccc(N)c1. The predicted octanol–water partition coefficient (Wildman–Crippen LogP) is 3.29. The van der Waals surface area contributed by atoms with E-state index in [9.17, 15) is 4.79 Å². The molecular formula is C14H13NO2S. The molecule has 18 heavy (non-hydrogen) atoms. The fourth-order valence-electron chi connectivity index (χ4n) is 1.56. The number of carbonyl (C=O) groups is 1. The van der Waals surface area contributed by atoms with E-state index in [1.54, 1.807) is 0 Å². The van der Waals surface area contributed by atoms with Gasteiger partial charge in [0.2, 0.25) is 0 Å². The Balaban J connectivity index is 2.24. The number of hydrogen-bond donors (Lipinski definition) is 1. The van der Waals surface area contributed by atoms with E-state index in [0.29, 0.717) is 4.88 Å². The molecule has 0 saturated carbocycles. The lowest BCUT2D eigenvalue weighted by atomic mass is 10.1. The summed E-state index contributed by atoms with van der Waals surface area (Å²) in [7, 11) is 1.38. The number of methoxy groups -OCH3 is 1. The molecule has 0 aliphatic heterocycles. The van der Waals surface area contributed by atoms with E-state index in [1.807, 2.05) is 47.9 Å². The number of nitrogens with two attached hydrogens (primary N) is 1. The van der Waals surface area contributed by atoms with E-state index in [0.717, 1.165) is 16.8 Å². The number of benzene rings is 1. The molecule has 2 N–H and O–H groups in total. The predicted molar refractivity (Wildman–Crippen MR) is 75.4 cm³/mol. The maximum atomic E-state index is 11.5. The fourth-order valence-corrected chi connectivity index (χ4v) is 2.36. The fraction of sp³-hybridized carbons (Fsp3) is 0.0714. The van der Waals surface area contributed by atoms with Gasteiger partial charge in [-0.3, -0.25) is 0 Å². The first kappa shape index (κ1) is 12.4. The molecule has 2 rings (SSSR count). The van der Waals surface area contributed by atoms with Gasteiger partial charge in [0.05, 0.1) is 7.11 Å². The first-order chi connectivity index (χ1) is 8.70. The van der Waals surface area contributed by atoms with Crippen molar-refractivity contribution in [3.8, 4) is 0 Å². The third-order valence-corrected chi connectivity index (χ3v) is 3.34. The third kappa shape index (κ3) is 2.78. The molecule has 1 aromatic carbocycles. The number of esters is 1. The molecule has 3 nitrogen and oxygen atoms in total. The maximum absolute atomic E-state index is 11.5. The monoisotopic (exact) mass is 259 g/mol. The highest BCUT2D eigenvalue weighted by molar-refractivity contribution is 7.12. The molecule has 2 aromatic rings. The molecule has 0 unspecified atom stereocenters. The number of rotatable bonds is 3. The first-order valence-corrected chi connectivity index (χ1v) is 6.28. The van der Waals surface area contributed by atoms with Crippen LogP contribution in [0.3, 0.4) is 0 Å². The van der Waals surface area contributed by atoms with Crippen molar-refractivity contribution in [2.75, 3.05) is 12.8 Å². The summed E-state index contributed by atoms with van der Waals surface area (Å²) < 4.78 is 4.72. The summed E-state index contributed by atoms with van der Waals surface area (Å²) in [5.41, 5.74) is 8.27. The van der Waals surface area contributed by atoms with Gasteiger partial charge in [0.1, 0.15) is 4.88 Å². The molecule has 0 aliphatic carbocycles. The lowest BCUT2D eigenvalue weighted by Crippen LogP contribution is -1.99. The molecule has 0 spiro atoms. The Hall–Kier alpha value is -2.07. The molecule has 1 aromatic heterocycles. The normalized spacial score (nSPS) is 10.7. The van der Waals surface area contributed by atoms with Crippen molar-refractivity contribution in [2.24, 2.45) is 0 Å². The summed E-state index contributed by atoms with van der Waals surface area (Å²) >= 11 is 1.37. The summed E-state index contributed by atoms with van der Waals surface area (Å²) in [6.45, 7) is 0. The summed E-state index contributed by atoms with van der Waals surface area (Å²) in [5, 5.41) is 1.87. The van der Waals surface area contributed by atoms with Crippen molar-refractivity contribution in [3.05, 3.63) is 51.7 Å². The van der Waals surface area contributed by atoms with Crippen LogP contribution in [0.1, 0.15) is 20.8 Å². The molecular weight excluding hydrogens is 246 g/mol. The van der Waals surface area contributed by atoms with Crippen molar-refractivity contribution in [1.82, 2.24) is 0 Å². The number of hydrogen-bond acceptors (Lipinski definition) is 4. The van der Waals surface area contributed by atoms with Gasteiger partial charge >= 0.3 is 5.97 Å². The zero-order valence-electron chi connectivity index (χ0n) is 9.92. The van der Waals surface area contributed by atoms with E-state index < -0.39 is 0 Å². The van der Waals surface area contributed by atoms with Crippen LogP contribution in [-0.4, -0.2) is 13.1 Å². The summed E-state index contributed by atoms with van der Waals surface area (Å²) in [6.07, 6.45) is 3.81. The number of carbonyl (C=O) groups excluding carboxylic acids is 1. The van der Waals surface area contributed by atoms with Crippen LogP contribution >= 0.6 is 11.3 Å². The Bertz CT molecular complexity index is 587. The molecule has 0 aliphatic rings. The maximum Gasteiger partial charge on any atom is 0.348 e. The van der Waals surface area contributed by atoms with Crippen LogP contribution in [0.15, 0.2) is 35.7 Å². The van der Waals surface area contributed by atoms with Crippen LogP contribution in [0.2, 0.25) is 0 Å². The van der Waals surface area contributed by atoms with Crippen LogP contribution in [0.4, 0.5) is 5.69 Å². The highest BCUT2D eigenvalue weighted by Crippen LogP contribution is 2.20. The van der Waals surface area contributed by atoms with Crippen molar-refractivity contribution in [3.63, 3.8) is 0 Å². The molecule has 4 heteroatoms. The smallest absolute Gasteiger partial charge is 0.348 e. The largest absolute Gasteiger partial charge is 0.465 e. The molecule has 0 bridgehead atoms. The first-order valence-electron chi connectivity index (χ1n) is 5.40. The minimum absolute atomic E-state index is 0.308. The Morgan fingerprint density at radius 1 is 1.33 bits per heavy atom. The van der Waals surface area contributed by atoms with Crippen LogP contribution in [0.5, 0.6) is 0 Å². The van der Waals surface area contributed by atoms with Gasteiger partial charge in [-0.25, -0.2) is 4.79 Å². The topological polar surface area (TPSA) is 52.3 Å². The molecule has 0 fully saturated rings. The van der Waals surface area contributed by atoms with E-state index in [4.69, 9.17) is 10.5 Å². The summed E-state index contributed by atoms with van der Waals surface area (Å²) in [6, 6.07) is 9.45. The average Bonchev–Trinajstić information content (AvgIpc) is 2.84. The van der Waals surface area contributed by atoms with Crippen molar-refractivity contribution >= 4 is 35.1 Å². The quantitative estimate of drug-likeness (QED) is 0.679. The zero-order chi connectivity index (χ0) is 13.0. The Morgan fingerprint density at radius 3 is 2.89 bits per heavy atom. The van der Waals surface area contributed by atoms with Gasteiger partial charge in [-0.1, -0.05) is 24.3 Å². The van der Waals surface area contributed by atoms with Crippen molar-refractivity contribution in [1.29, 1.82) is 0 Å². The number of ether oxygens (including phenoxy) is 1. The number of nitrogen functional groups attached to an aromatic ring is 1. The van der Waals surface area contributed by atoms with Crippen LogP contribution < -0.4 is 5.73 Å². The van der Waals surface area contributed by atoms with Gasteiger partial charge in [0.25, 0.3) is 0 Å². The molecule has 0 radical (unpaired) electrons. The minimum Gasteiger partial charge on any atom is -0.465 e. The standard InChI is InChI=1S/C14H13NO2S/c1-17-14(16)13-11(7-8-18-13)6-5-10-3-2-4-12(15)9-10/h2-9H,15H2,1H3. The van der Waals surface area contributed by atoms with E-state index in [-0.39, 0.29) is 5.97 Å². The highest BCUT2D eigenvalue weighted by atomic mass is 32.1. The van der Waals surface area contributed by atoms with Gasteiger partial charge in [-0.05, 0) is 34.7 Å². The average molecular weight is 259 g/mol. The lowest BCUT2D eigenvalue weighted by Gasteiger charge is -1.98. The lowest BCUT2D eigenvalue weighted by molar-refractivity contribution is 0.0606. The second-order valence-corrected chi connectivity index (χ2v) is 4.62. The van der Waals surface area contributed by atoms with Crippen LogP contribution in [0.25, 0.3) is 12.2 Å². The van der Waals surface area contributed by atoms with Crippen LogP contribution in [-0.2, 0) is 4.74 Å². The number of thiophene rings is 1. The van der Waals surface area contributed by atoms with Crippen LogP contribution in [0, 0.1) is 0 Å². The van der Waals surface area contributed by atoms with Crippen molar-refractivity contribution < 1.29 is 9.53 Å². The third-order valence-electron chi connectivity index (χ3n) is 2.43. The Labute approximate surface area is 110 Å². The molecule has 0 atom stereocenters. The summed E-state index contributed by atoms with van der Waals surface area (Å²) in [4.78, 5) is 12.1. The second kappa shape index (κ2) is 5.51. The molecule has 1 heterocycles. The Morgan fingerprint density at radius 2 is 2.17 bits per heavy atom. The summed E-state index contributed by atoms with van der Waals surface area (Å²) in [5.74, 6) is -0.308. The molecule has 0 saturated heterocycles. The zero-order valence-corrected chi connectivity index (χ0v) is 10.7. The number of anilines is 1. The van der Waals surface area contributed by atoms with Gasteiger partial charge in [0, 0.05) is 5.69 Å². The minimum atomic E-state index is -0.308. The van der Waals surface area contributed by atoms with Crippen molar-refractivity contribution in [2.45, 2.75) is 0 Å². The van der Waals surface area contributed by atoms with E-state index in [1.165, 1.54) is 18.4 Å². The van der Waals surface area contributed by atoms with Gasteiger partial charge in [-0.15, -0.1) is 11.3 Å². The molecule has 92 valence electrons. The molecule has 0 amide bonds. The van der Waals surface area contributed by atoms with Gasteiger partial charge in [-0.2, -0.15) is 0 Å². The highest BCUT2D eigenvalue weighted by Gasteiger charge is 2.10. The Kier molecular flexibility index (Phi) is 3.79. The second-order valence-electron chi connectivity index (χ2n) is 3.70. The van der Waals surface area contributed by atoms with Gasteiger partial charge in [0.15, 0.2) is 0 Å². The van der Waals surface area contributed by atoms with E-state index >= 15 is 0 Å².